The van der Waals surface area contributed by atoms with Gasteiger partial charge in [0.25, 0.3) is 0 Å². The van der Waals surface area contributed by atoms with E-state index in [9.17, 15) is 14.7 Å². The number of benzene rings is 1. The fourth-order valence-electron chi connectivity index (χ4n) is 3.82. The maximum Gasteiger partial charge on any atom is 0.307 e. The second-order valence-corrected chi connectivity index (χ2v) is 6.19. The fourth-order valence-corrected chi connectivity index (χ4v) is 3.82. The molecule has 0 radical (unpaired) electrons. The first-order chi connectivity index (χ1) is 11.6. The molecule has 1 heterocycles. The van der Waals surface area contributed by atoms with Crippen LogP contribution in [-0.2, 0) is 9.59 Å². The van der Waals surface area contributed by atoms with Crippen LogP contribution < -0.4 is 10.9 Å². The topological polar surface area (TPSA) is 104 Å². The van der Waals surface area contributed by atoms with Gasteiger partial charge in [-0.05, 0) is 30.4 Å². The number of hydrazine groups is 1. The molecule has 2 aliphatic rings. The van der Waals surface area contributed by atoms with Crippen LogP contribution in [0.1, 0.15) is 6.42 Å². The van der Waals surface area contributed by atoms with Crippen molar-refractivity contribution in [1.29, 1.82) is 0 Å². The van der Waals surface area contributed by atoms with Gasteiger partial charge in [0.2, 0.25) is 5.91 Å². The number of hydrogen-bond acceptors (Lipinski definition) is 5. The number of aromatic nitrogens is 2. The van der Waals surface area contributed by atoms with Crippen molar-refractivity contribution in [3.63, 3.8) is 0 Å². The molecular weight excluding hydrogens is 308 g/mol. The second kappa shape index (κ2) is 5.59. The molecule has 0 saturated heterocycles. The summed E-state index contributed by atoms with van der Waals surface area (Å²) in [4.78, 5) is 32.3. The van der Waals surface area contributed by atoms with Gasteiger partial charge in [0.05, 0.1) is 17.4 Å². The van der Waals surface area contributed by atoms with Crippen LogP contribution in [-0.4, -0.2) is 27.0 Å². The Hall–Kier alpha value is -2.96. The predicted molar refractivity (Wildman–Crippen MR) is 86.7 cm³/mol. The number of hydrogen-bond donors (Lipinski definition) is 3. The number of carboxylic acids is 1. The highest BCUT2D eigenvalue weighted by atomic mass is 16.4. The first-order valence-electron chi connectivity index (χ1n) is 7.82. The lowest BCUT2D eigenvalue weighted by atomic mass is 9.82. The van der Waals surface area contributed by atoms with Crippen LogP contribution >= 0.6 is 0 Å². The lowest BCUT2D eigenvalue weighted by molar-refractivity contribution is -0.147. The normalized spacial score (nSPS) is 27.3. The summed E-state index contributed by atoms with van der Waals surface area (Å²) < 4.78 is 0. The zero-order valence-electron chi connectivity index (χ0n) is 12.7. The molecule has 1 aromatic carbocycles. The lowest BCUT2D eigenvalue weighted by Gasteiger charge is -2.24. The molecule has 1 saturated carbocycles. The van der Waals surface area contributed by atoms with Crippen LogP contribution in [0, 0.1) is 23.7 Å². The molecule has 7 heteroatoms. The molecule has 3 N–H and O–H groups in total. The fraction of sp³-hybridized carbons (Fsp3) is 0.294. The molecule has 4 rings (SSSR count). The summed E-state index contributed by atoms with van der Waals surface area (Å²) >= 11 is 0. The number of anilines is 1. The molecule has 2 bridgehead atoms. The van der Waals surface area contributed by atoms with Gasteiger partial charge >= 0.3 is 5.97 Å². The maximum absolute atomic E-state index is 12.5. The second-order valence-electron chi connectivity index (χ2n) is 6.19. The Kier molecular flexibility index (Phi) is 3.41. The summed E-state index contributed by atoms with van der Waals surface area (Å²) in [5.74, 6) is -2.04. The lowest BCUT2D eigenvalue weighted by Crippen LogP contribution is -2.42. The Bertz CT molecular complexity index is 845. The van der Waals surface area contributed by atoms with Crippen LogP contribution in [0.2, 0.25) is 0 Å². The monoisotopic (exact) mass is 324 g/mol. The van der Waals surface area contributed by atoms with Crippen LogP contribution in [0.5, 0.6) is 0 Å². The van der Waals surface area contributed by atoms with Gasteiger partial charge < -0.3 is 5.11 Å². The van der Waals surface area contributed by atoms with Gasteiger partial charge in [-0.15, -0.1) is 0 Å². The molecule has 0 spiro atoms. The summed E-state index contributed by atoms with van der Waals surface area (Å²) in [6.07, 6.45) is 6.01. The summed E-state index contributed by atoms with van der Waals surface area (Å²) in [5, 5.41) is 10.2. The van der Waals surface area contributed by atoms with E-state index in [1.807, 2.05) is 36.4 Å². The van der Waals surface area contributed by atoms with Gasteiger partial charge in [0.1, 0.15) is 6.33 Å². The van der Waals surface area contributed by atoms with E-state index < -0.39 is 17.8 Å². The highest BCUT2D eigenvalue weighted by Gasteiger charge is 2.51. The van der Waals surface area contributed by atoms with Crippen molar-refractivity contribution in [2.24, 2.45) is 23.7 Å². The Morgan fingerprint density at radius 3 is 2.62 bits per heavy atom. The Morgan fingerprint density at radius 2 is 1.83 bits per heavy atom. The number of nitrogens with zero attached hydrogens (tertiary/aromatic N) is 2. The first-order valence-corrected chi connectivity index (χ1v) is 7.82. The zero-order valence-corrected chi connectivity index (χ0v) is 12.7. The molecule has 24 heavy (non-hydrogen) atoms. The van der Waals surface area contributed by atoms with Gasteiger partial charge in [-0.25, -0.2) is 9.97 Å². The van der Waals surface area contributed by atoms with Crippen LogP contribution in [0.4, 0.5) is 5.82 Å². The van der Waals surface area contributed by atoms with Crippen molar-refractivity contribution < 1.29 is 14.7 Å². The quantitative estimate of drug-likeness (QED) is 0.583. The van der Waals surface area contributed by atoms with Crippen molar-refractivity contribution in [1.82, 2.24) is 15.4 Å². The maximum atomic E-state index is 12.5. The summed E-state index contributed by atoms with van der Waals surface area (Å²) in [6, 6.07) is 7.44. The third-order valence-electron chi connectivity index (χ3n) is 4.89. The van der Waals surface area contributed by atoms with Crippen molar-refractivity contribution in [2.45, 2.75) is 6.42 Å². The standard InChI is InChI=1S/C17H16N4O3/c22-16(13-9-5-6-10(7-9)14(13)17(23)24)21-20-15-11-3-1-2-4-12(11)18-8-19-15/h1-6,8-10,13-14H,7H2,(H,21,22)(H,23,24)(H,18,19,20)/t9-,10+,13-,14-/m0/s1. The number of carbonyl (C=O) groups is 2. The highest BCUT2D eigenvalue weighted by molar-refractivity contribution is 5.91. The highest BCUT2D eigenvalue weighted by Crippen LogP contribution is 2.48. The Balaban J connectivity index is 1.52. The molecular formula is C17H16N4O3. The number of amides is 1. The van der Waals surface area contributed by atoms with E-state index in [4.69, 9.17) is 0 Å². The number of carboxylic acid groups (broad SMARTS) is 1. The number of fused-ring (bicyclic) bond motifs is 3. The number of rotatable bonds is 4. The van der Waals surface area contributed by atoms with Gasteiger partial charge in [-0.1, -0.05) is 24.3 Å². The van der Waals surface area contributed by atoms with E-state index in [-0.39, 0.29) is 17.7 Å². The van der Waals surface area contributed by atoms with Crippen molar-refractivity contribution in [3.8, 4) is 0 Å². The van der Waals surface area contributed by atoms with Crippen molar-refractivity contribution >= 4 is 28.6 Å². The molecule has 2 aliphatic carbocycles. The Labute approximate surface area is 137 Å². The minimum Gasteiger partial charge on any atom is -0.481 e. The third-order valence-corrected chi connectivity index (χ3v) is 4.89. The summed E-state index contributed by atoms with van der Waals surface area (Å²) in [7, 11) is 0. The van der Waals surface area contributed by atoms with Gasteiger partial charge in [0, 0.05) is 5.39 Å². The molecule has 122 valence electrons. The van der Waals surface area contributed by atoms with Crippen LogP contribution in [0.15, 0.2) is 42.7 Å². The van der Waals surface area contributed by atoms with E-state index in [0.29, 0.717) is 5.82 Å². The Morgan fingerprint density at radius 1 is 1.08 bits per heavy atom. The average Bonchev–Trinajstić information content (AvgIpc) is 3.20. The zero-order chi connectivity index (χ0) is 16.7. The van der Waals surface area contributed by atoms with Gasteiger partial charge in [0.15, 0.2) is 5.82 Å². The van der Waals surface area contributed by atoms with Gasteiger partial charge in [-0.2, -0.15) is 0 Å². The van der Waals surface area contributed by atoms with Crippen LogP contribution in [0.3, 0.4) is 0 Å². The summed E-state index contributed by atoms with van der Waals surface area (Å²) in [6.45, 7) is 0. The minimum absolute atomic E-state index is 0.0138. The molecule has 1 fully saturated rings. The third kappa shape index (κ3) is 2.29. The molecule has 1 amide bonds. The molecule has 2 aromatic rings. The van der Waals surface area contributed by atoms with E-state index in [1.54, 1.807) is 0 Å². The van der Waals surface area contributed by atoms with Crippen molar-refractivity contribution in [3.05, 3.63) is 42.7 Å². The number of para-hydroxylation sites is 1. The summed E-state index contributed by atoms with van der Waals surface area (Å²) in [5.41, 5.74) is 6.20. The number of aliphatic carboxylic acids is 1. The minimum atomic E-state index is -0.917. The SMILES string of the molecule is O=C(O)[C@@H]1[C@@H](C(=O)NNc2ncnc3ccccc23)[C@H]2C=C[C@@H]1C2. The van der Waals surface area contributed by atoms with Gasteiger partial charge in [-0.3, -0.25) is 20.4 Å². The molecule has 0 unspecified atom stereocenters. The average molecular weight is 324 g/mol. The molecule has 0 aliphatic heterocycles. The molecule has 4 atom stereocenters. The largest absolute Gasteiger partial charge is 0.481 e. The van der Waals surface area contributed by atoms with E-state index in [1.165, 1.54) is 6.33 Å². The first kappa shape index (κ1) is 14.6. The molecule has 7 nitrogen and oxygen atoms in total. The number of allylic oxidation sites excluding steroid dienone is 2. The van der Waals surface area contributed by atoms with E-state index in [2.05, 4.69) is 20.8 Å². The number of carbonyl (C=O) groups excluding carboxylic acids is 1. The number of nitrogens with one attached hydrogen (secondary N) is 2. The van der Waals surface area contributed by atoms with Crippen molar-refractivity contribution in [2.75, 3.05) is 5.43 Å². The molecule has 1 aromatic heterocycles. The smallest absolute Gasteiger partial charge is 0.307 e. The van der Waals surface area contributed by atoms with Crippen LogP contribution in [0.25, 0.3) is 10.9 Å². The predicted octanol–water partition coefficient (Wildman–Crippen LogP) is 1.60. The van der Waals surface area contributed by atoms with E-state index in [0.717, 1.165) is 17.3 Å². The van der Waals surface area contributed by atoms with E-state index >= 15 is 0 Å².